The summed E-state index contributed by atoms with van der Waals surface area (Å²) in [5, 5.41) is 8.77. The second-order valence-electron chi connectivity index (χ2n) is 4.18. The van der Waals surface area contributed by atoms with Crippen molar-refractivity contribution in [2.45, 2.75) is 25.1 Å². The predicted octanol–water partition coefficient (Wildman–Crippen LogP) is 2.31. The number of carboxylic acids is 1. The van der Waals surface area contributed by atoms with Gasteiger partial charge in [0.05, 0.1) is 0 Å². The first-order valence-corrected chi connectivity index (χ1v) is 5.39. The van der Waals surface area contributed by atoms with Gasteiger partial charge in [-0.25, -0.2) is 9.78 Å². The van der Waals surface area contributed by atoms with Crippen LogP contribution in [0.1, 0.15) is 23.3 Å². The third kappa shape index (κ3) is 3.12. The minimum atomic E-state index is -4.31. The molecule has 4 nitrogen and oxygen atoms in total. The van der Waals surface area contributed by atoms with Crippen LogP contribution in [0, 0.1) is 0 Å². The molecule has 1 aliphatic rings. The van der Waals surface area contributed by atoms with Gasteiger partial charge in [-0.15, -0.1) is 0 Å². The molecule has 98 valence electrons. The maximum Gasteiger partial charge on any atom is 0.405 e. The number of hydrogen-bond donors (Lipinski definition) is 1. The number of pyridine rings is 1. The fraction of sp³-hybridized carbons (Fsp3) is 0.455. The molecule has 0 saturated heterocycles. The van der Waals surface area contributed by atoms with Crippen LogP contribution in [0.25, 0.3) is 0 Å². The van der Waals surface area contributed by atoms with Crippen LogP contribution in [0.5, 0.6) is 0 Å². The number of carbonyl (C=O) groups is 1. The minimum Gasteiger partial charge on any atom is -0.477 e. The molecule has 1 aromatic heterocycles. The van der Waals surface area contributed by atoms with E-state index in [1.165, 1.54) is 23.2 Å². The molecule has 7 heteroatoms. The molecule has 0 unspecified atom stereocenters. The number of alkyl halides is 3. The molecule has 2 rings (SSSR count). The van der Waals surface area contributed by atoms with Crippen molar-refractivity contribution in [3.63, 3.8) is 0 Å². The Morgan fingerprint density at radius 2 is 2.17 bits per heavy atom. The third-order valence-electron chi connectivity index (χ3n) is 2.63. The van der Waals surface area contributed by atoms with Gasteiger partial charge in [0.2, 0.25) is 0 Å². The summed E-state index contributed by atoms with van der Waals surface area (Å²) in [7, 11) is 0. The van der Waals surface area contributed by atoms with Crippen molar-refractivity contribution >= 4 is 11.7 Å². The van der Waals surface area contributed by atoms with Crippen LogP contribution in [0.4, 0.5) is 18.9 Å². The van der Waals surface area contributed by atoms with Crippen LogP contribution < -0.4 is 4.90 Å². The van der Waals surface area contributed by atoms with Gasteiger partial charge >= 0.3 is 12.1 Å². The summed E-state index contributed by atoms with van der Waals surface area (Å²) in [4.78, 5) is 15.5. The van der Waals surface area contributed by atoms with E-state index in [4.69, 9.17) is 5.11 Å². The number of anilines is 1. The molecule has 0 aromatic carbocycles. The van der Waals surface area contributed by atoms with Crippen molar-refractivity contribution in [3.05, 3.63) is 24.0 Å². The highest BCUT2D eigenvalue weighted by atomic mass is 19.4. The number of halogens is 3. The van der Waals surface area contributed by atoms with E-state index in [0.29, 0.717) is 12.8 Å². The molecule has 0 spiro atoms. The van der Waals surface area contributed by atoms with Crippen molar-refractivity contribution < 1.29 is 23.1 Å². The Hall–Kier alpha value is -1.79. The van der Waals surface area contributed by atoms with Crippen LogP contribution in [0.3, 0.4) is 0 Å². The van der Waals surface area contributed by atoms with E-state index >= 15 is 0 Å². The molecular weight excluding hydrogens is 249 g/mol. The van der Waals surface area contributed by atoms with E-state index in [1.54, 1.807) is 0 Å². The Labute approximate surface area is 101 Å². The Kier molecular flexibility index (Phi) is 3.14. The zero-order valence-corrected chi connectivity index (χ0v) is 9.31. The molecule has 1 aliphatic carbocycles. The summed E-state index contributed by atoms with van der Waals surface area (Å²) in [6.07, 6.45) is -1.71. The lowest BCUT2D eigenvalue weighted by Crippen LogP contribution is -2.36. The number of nitrogens with zero attached hydrogens (tertiary/aromatic N) is 2. The summed E-state index contributed by atoms with van der Waals surface area (Å²) in [5.41, 5.74) is 0.00236. The molecule has 1 heterocycles. The number of rotatable bonds is 4. The number of carboxylic acid groups (broad SMARTS) is 1. The van der Waals surface area contributed by atoms with E-state index in [0.717, 1.165) is 0 Å². The first-order chi connectivity index (χ1) is 8.37. The van der Waals surface area contributed by atoms with Gasteiger partial charge in [-0.05, 0) is 25.0 Å². The molecule has 1 saturated carbocycles. The second-order valence-corrected chi connectivity index (χ2v) is 4.18. The lowest BCUT2D eigenvalue weighted by molar-refractivity contribution is -0.120. The largest absolute Gasteiger partial charge is 0.477 e. The van der Waals surface area contributed by atoms with Crippen molar-refractivity contribution in [2.75, 3.05) is 11.4 Å². The minimum absolute atomic E-state index is 0.157. The van der Waals surface area contributed by atoms with Gasteiger partial charge in [0.1, 0.15) is 12.2 Å². The lowest BCUT2D eigenvalue weighted by atomic mass is 10.2. The van der Waals surface area contributed by atoms with E-state index < -0.39 is 18.7 Å². The van der Waals surface area contributed by atoms with Gasteiger partial charge in [-0.1, -0.05) is 0 Å². The zero-order chi connectivity index (χ0) is 13.3. The van der Waals surface area contributed by atoms with Crippen molar-refractivity contribution in [1.29, 1.82) is 0 Å². The van der Waals surface area contributed by atoms with E-state index in [2.05, 4.69) is 4.98 Å². The average molecular weight is 260 g/mol. The topological polar surface area (TPSA) is 53.4 Å². The smallest absolute Gasteiger partial charge is 0.405 e. The van der Waals surface area contributed by atoms with Gasteiger partial charge in [0, 0.05) is 17.9 Å². The highest BCUT2D eigenvalue weighted by molar-refractivity contribution is 5.86. The van der Waals surface area contributed by atoms with Crippen LogP contribution in [-0.4, -0.2) is 34.8 Å². The van der Waals surface area contributed by atoms with Gasteiger partial charge < -0.3 is 10.0 Å². The molecule has 1 N–H and O–H groups in total. The Morgan fingerprint density at radius 1 is 1.50 bits per heavy atom. The van der Waals surface area contributed by atoms with Gasteiger partial charge in [-0.3, -0.25) is 0 Å². The Balaban J connectivity index is 2.25. The normalized spacial score (nSPS) is 15.5. The van der Waals surface area contributed by atoms with Gasteiger partial charge in [0.15, 0.2) is 0 Å². The summed E-state index contributed by atoms with van der Waals surface area (Å²) in [6.45, 7) is -1.07. The fourth-order valence-electron chi connectivity index (χ4n) is 1.73. The molecule has 0 atom stereocenters. The van der Waals surface area contributed by atoms with E-state index in [1.807, 2.05) is 0 Å². The van der Waals surface area contributed by atoms with Crippen molar-refractivity contribution in [1.82, 2.24) is 4.98 Å². The van der Waals surface area contributed by atoms with Crippen LogP contribution in [0.15, 0.2) is 18.3 Å². The van der Waals surface area contributed by atoms with Gasteiger partial charge in [-0.2, -0.15) is 13.2 Å². The number of aromatic nitrogens is 1. The first kappa shape index (κ1) is 12.7. The highest BCUT2D eigenvalue weighted by Crippen LogP contribution is 2.34. The van der Waals surface area contributed by atoms with Crippen molar-refractivity contribution in [3.8, 4) is 0 Å². The SMILES string of the molecule is O=C(O)c1cc(N(CC(F)(F)F)C2CC2)ccn1. The lowest BCUT2D eigenvalue weighted by Gasteiger charge is -2.25. The van der Waals surface area contributed by atoms with E-state index in [9.17, 15) is 18.0 Å². The number of hydrogen-bond acceptors (Lipinski definition) is 3. The maximum absolute atomic E-state index is 12.5. The second kappa shape index (κ2) is 4.47. The van der Waals surface area contributed by atoms with Crippen LogP contribution >= 0.6 is 0 Å². The predicted molar refractivity (Wildman–Crippen MR) is 57.6 cm³/mol. The van der Waals surface area contributed by atoms with Gasteiger partial charge in [0.25, 0.3) is 0 Å². The molecule has 0 aliphatic heterocycles. The highest BCUT2D eigenvalue weighted by Gasteiger charge is 2.38. The fourth-order valence-corrected chi connectivity index (χ4v) is 1.73. The summed E-state index contributed by atoms with van der Waals surface area (Å²) in [6, 6.07) is 2.42. The molecular formula is C11H11F3N2O2. The molecule has 18 heavy (non-hydrogen) atoms. The van der Waals surface area contributed by atoms with E-state index in [-0.39, 0.29) is 17.4 Å². The monoisotopic (exact) mass is 260 g/mol. The maximum atomic E-state index is 12.5. The summed E-state index contributed by atoms with van der Waals surface area (Å²) < 4.78 is 37.4. The third-order valence-corrected chi connectivity index (χ3v) is 2.63. The average Bonchev–Trinajstić information content (AvgIpc) is 3.08. The molecule has 1 fully saturated rings. The van der Waals surface area contributed by atoms with Crippen molar-refractivity contribution in [2.24, 2.45) is 0 Å². The summed E-state index contributed by atoms with van der Waals surface area (Å²) in [5.74, 6) is -1.25. The Bertz CT molecular complexity index is 458. The quantitative estimate of drug-likeness (QED) is 0.902. The Morgan fingerprint density at radius 3 is 2.67 bits per heavy atom. The number of aromatic carboxylic acids is 1. The molecule has 0 bridgehead atoms. The molecule has 1 aromatic rings. The standard InChI is InChI=1S/C11H11F3N2O2/c12-11(13,14)6-16(7-1-2-7)8-3-4-15-9(5-8)10(17)18/h3-5,7H,1-2,6H2,(H,17,18). The zero-order valence-electron chi connectivity index (χ0n) is 9.31. The molecule has 0 radical (unpaired) electrons. The first-order valence-electron chi connectivity index (χ1n) is 5.39. The van der Waals surface area contributed by atoms with Crippen LogP contribution in [0.2, 0.25) is 0 Å². The summed E-state index contributed by atoms with van der Waals surface area (Å²) >= 11 is 0. The van der Waals surface area contributed by atoms with Crippen LogP contribution in [-0.2, 0) is 0 Å². The molecule has 0 amide bonds.